The molecule has 0 N–H and O–H groups in total. The van der Waals surface area contributed by atoms with Crippen LogP contribution in [0.25, 0.3) is 11.3 Å². The van der Waals surface area contributed by atoms with E-state index in [0.717, 1.165) is 34.3 Å². The summed E-state index contributed by atoms with van der Waals surface area (Å²) in [5.41, 5.74) is 2.51. The van der Waals surface area contributed by atoms with E-state index in [2.05, 4.69) is 21.0 Å². The van der Waals surface area contributed by atoms with E-state index >= 15 is 0 Å². The van der Waals surface area contributed by atoms with Gasteiger partial charge < -0.3 is 4.90 Å². The van der Waals surface area contributed by atoms with Crippen molar-refractivity contribution in [1.82, 2.24) is 9.78 Å². The third kappa shape index (κ3) is 2.82. The van der Waals surface area contributed by atoms with Crippen molar-refractivity contribution in [2.75, 3.05) is 11.4 Å². The van der Waals surface area contributed by atoms with E-state index in [0.29, 0.717) is 6.54 Å². The second-order valence-corrected chi connectivity index (χ2v) is 7.08. The molecule has 132 valence electrons. The number of fused-ring (bicyclic) bond motifs is 1. The Bertz CT molecular complexity index is 1030. The topological polar surface area (TPSA) is 38.1 Å². The Kier molecular flexibility index (Phi) is 4.11. The Morgan fingerprint density at radius 1 is 1.19 bits per heavy atom. The molecule has 1 aliphatic heterocycles. The molecule has 1 aliphatic rings. The van der Waals surface area contributed by atoms with Crippen molar-refractivity contribution in [3.8, 4) is 11.3 Å². The predicted octanol–water partition coefficient (Wildman–Crippen LogP) is 4.33. The van der Waals surface area contributed by atoms with Gasteiger partial charge in [0.25, 0.3) is 5.91 Å². The second kappa shape index (κ2) is 6.32. The summed E-state index contributed by atoms with van der Waals surface area (Å²) in [7, 11) is 1.66. The van der Waals surface area contributed by atoms with Crippen LogP contribution in [0.5, 0.6) is 0 Å². The molecule has 0 atom stereocenters. The number of rotatable bonds is 2. The molecule has 3 aromatic rings. The van der Waals surface area contributed by atoms with Crippen molar-refractivity contribution in [3.63, 3.8) is 0 Å². The molecule has 26 heavy (non-hydrogen) atoms. The molecule has 0 aliphatic carbocycles. The number of hydrogen-bond donors (Lipinski definition) is 0. The van der Waals surface area contributed by atoms with Crippen LogP contribution in [0.15, 0.2) is 47.1 Å². The van der Waals surface area contributed by atoms with Gasteiger partial charge in [0, 0.05) is 41.6 Å². The fourth-order valence-electron chi connectivity index (χ4n) is 3.25. The zero-order valence-electron chi connectivity index (χ0n) is 13.8. The number of aryl methyl sites for hydroxylation is 1. The molecule has 0 unspecified atom stereocenters. The molecular weight excluding hydrogens is 404 g/mol. The van der Waals surface area contributed by atoms with Gasteiger partial charge in [-0.1, -0.05) is 15.9 Å². The SMILES string of the molecule is Cn1cc(C(=O)N2CCc3cc(Br)ccc32)c(-c2ccc(F)cc2F)n1. The van der Waals surface area contributed by atoms with Crippen molar-refractivity contribution in [1.29, 1.82) is 0 Å². The normalized spacial score (nSPS) is 13.2. The quantitative estimate of drug-likeness (QED) is 0.622. The summed E-state index contributed by atoms with van der Waals surface area (Å²) >= 11 is 3.44. The zero-order chi connectivity index (χ0) is 18.4. The standard InChI is InChI=1S/C19H14BrF2N3O/c1-24-10-15(18(23-24)14-4-3-13(21)9-16(14)22)19(26)25-7-6-11-8-12(20)2-5-17(11)25/h2-5,8-10H,6-7H2,1H3. The minimum absolute atomic E-state index is 0.102. The first-order valence-electron chi connectivity index (χ1n) is 8.03. The number of amides is 1. The first-order chi connectivity index (χ1) is 12.4. The van der Waals surface area contributed by atoms with Crippen LogP contribution in [0.1, 0.15) is 15.9 Å². The molecule has 1 amide bonds. The predicted molar refractivity (Wildman–Crippen MR) is 98.1 cm³/mol. The van der Waals surface area contributed by atoms with Crippen LogP contribution in [0, 0.1) is 11.6 Å². The lowest BCUT2D eigenvalue weighted by atomic mass is 10.1. The minimum atomic E-state index is -0.747. The summed E-state index contributed by atoms with van der Waals surface area (Å²) in [6.07, 6.45) is 2.32. The van der Waals surface area contributed by atoms with Gasteiger partial charge in [-0.05, 0) is 42.3 Å². The third-order valence-corrected chi connectivity index (χ3v) is 4.92. The number of hydrogen-bond acceptors (Lipinski definition) is 2. The molecule has 0 spiro atoms. The summed E-state index contributed by atoms with van der Waals surface area (Å²) < 4.78 is 29.9. The molecule has 0 radical (unpaired) electrons. The number of nitrogens with zero attached hydrogens (tertiary/aromatic N) is 3. The molecule has 0 saturated carbocycles. The van der Waals surface area contributed by atoms with Gasteiger partial charge in [-0.15, -0.1) is 0 Å². The lowest BCUT2D eigenvalue weighted by Gasteiger charge is -2.17. The van der Waals surface area contributed by atoms with Gasteiger partial charge in [0.1, 0.15) is 17.3 Å². The van der Waals surface area contributed by atoms with Gasteiger partial charge in [-0.25, -0.2) is 8.78 Å². The monoisotopic (exact) mass is 417 g/mol. The van der Waals surface area contributed by atoms with Gasteiger partial charge in [-0.2, -0.15) is 5.10 Å². The molecule has 0 fully saturated rings. The molecule has 4 nitrogen and oxygen atoms in total. The van der Waals surface area contributed by atoms with Gasteiger partial charge in [-0.3, -0.25) is 9.48 Å². The maximum atomic E-state index is 14.2. The van der Waals surface area contributed by atoms with E-state index < -0.39 is 11.6 Å². The van der Waals surface area contributed by atoms with Crippen LogP contribution in [0.2, 0.25) is 0 Å². The third-order valence-electron chi connectivity index (χ3n) is 4.43. The van der Waals surface area contributed by atoms with Crippen molar-refractivity contribution in [2.45, 2.75) is 6.42 Å². The van der Waals surface area contributed by atoms with E-state index in [9.17, 15) is 13.6 Å². The highest BCUT2D eigenvalue weighted by atomic mass is 79.9. The van der Waals surface area contributed by atoms with Crippen LogP contribution in [0.4, 0.5) is 14.5 Å². The van der Waals surface area contributed by atoms with Gasteiger partial charge in [0.15, 0.2) is 0 Å². The summed E-state index contributed by atoms with van der Waals surface area (Å²) in [6.45, 7) is 0.546. The van der Waals surface area contributed by atoms with E-state index in [-0.39, 0.29) is 22.7 Å². The van der Waals surface area contributed by atoms with Crippen LogP contribution in [-0.2, 0) is 13.5 Å². The van der Waals surface area contributed by atoms with Crippen LogP contribution >= 0.6 is 15.9 Å². The van der Waals surface area contributed by atoms with Crippen LogP contribution in [0.3, 0.4) is 0 Å². The van der Waals surface area contributed by atoms with E-state index in [1.54, 1.807) is 18.1 Å². The highest BCUT2D eigenvalue weighted by Crippen LogP contribution is 2.33. The highest BCUT2D eigenvalue weighted by Gasteiger charge is 2.29. The molecule has 0 saturated heterocycles. The first-order valence-corrected chi connectivity index (χ1v) is 8.82. The number of benzene rings is 2. The van der Waals surface area contributed by atoms with Crippen molar-refractivity contribution in [3.05, 3.63) is 69.8 Å². The van der Waals surface area contributed by atoms with E-state index in [1.807, 2.05) is 18.2 Å². The maximum Gasteiger partial charge on any atom is 0.262 e. The average molecular weight is 418 g/mol. The number of aromatic nitrogens is 2. The Balaban J connectivity index is 1.77. The van der Waals surface area contributed by atoms with Crippen LogP contribution in [-0.4, -0.2) is 22.2 Å². The average Bonchev–Trinajstić information content (AvgIpc) is 3.17. The Hall–Kier alpha value is -2.54. The molecule has 2 aromatic carbocycles. The van der Waals surface area contributed by atoms with Gasteiger partial charge >= 0.3 is 0 Å². The van der Waals surface area contributed by atoms with Crippen molar-refractivity contribution >= 4 is 27.5 Å². The second-order valence-electron chi connectivity index (χ2n) is 6.17. The molecule has 2 heterocycles. The van der Waals surface area contributed by atoms with Crippen LogP contribution < -0.4 is 4.90 Å². The Morgan fingerprint density at radius 3 is 2.77 bits per heavy atom. The van der Waals surface area contributed by atoms with E-state index in [1.165, 1.54) is 10.7 Å². The molecular formula is C19H14BrF2N3O. The minimum Gasteiger partial charge on any atom is -0.308 e. The highest BCUT2D eigenvalue weighted by molar-refractivity contribution is 9.10. The lowest BCUT2D eigenvalue weighted by molar-refractivity contribution is 0.0990. The van der Waals surface area contributed by atoms with Gasteiger partial charge in [0.05, 0.1) is 5.56 Å². The largest absolute Gasteiger partial charge is 0.308 e. The molecule has 7 heteroatoms. The summed E-state index contributed by atoms with van der Waals surface area (Å²) in [5.74, 6) is -1.67. The lowest BCUT2D eigenvalue weighted by Crippen LogP contribution is -2.29. The fraction of sp³-hybridized carbons (Fsp3) is 0.158. The fourth-order valence-corrected chi connectivity index (χ4v) is 3.66. The number of carbonyl (C=O) groups is 1. The molecule has 0 bridgehead atoms. The Labute approximate surface area is 157 Å². The summed E-state index contributed by atoms with van der Waals surface area (Å²) in [6, 6.07) is 9.02. The Morgan fingerprint density at radius 2 is 2.00 bits per heavy atom. The summed E-state index contributed by atoms with van der Waals surface area (Å²) in [5, 5.41) is 4.23. The smallest absolute Gasteiger partial charge is 0.262 e. The number of carbonyl (C=O) groups excluding carboxylic acids is 1. The summed E-state index contributed by atoms with van der Waals surface area (Å²) in [4.78, 5) is 14.8. The molecule has 1 aromatic heterocycles. The number of halogens is 3. The maximum absolute atomic E-state index is 14.2. The van der Waals surface area contributed by atoms with Crippen molar-refractivity contribution in [2.24, 2.45) is 7.05 Å². The van der Waals surface area contributed by atoms with Gasteiger partial charge in [0.2, 0.25) is 0 Å². The van der Waals surface area contributed by atoms with Crippen molar-refractivity contribution < 1.29 is 13.6 Å². The first kappa shape index (κ1) is 16.9. The van der Waals surface area contributed by atoms with E-state index in [4.69, 9.17) is 0 Å². The number of anilines is 1. The molecule has 4 rings (SSSR count). The zero-order valence-corrected chi connectivity index (χ0v) is 15.4.